The molecule has 1 aromatic carbocycles. The number of amides is 1. The van der Waals surface area contributed by atoms with Crippen LogP contribution in [0.5, 0.6) is 0 Å². The van der Waals surface area contributed by atoms with Crippen molar-refractivity contribution in [3.05, 3.63) is 59.2 Å². The predicted octanol–water partition coefficient (Wildman–Crippen LogP) is 3.78. The number of carbonyl (C=O) groups excluding carboxylic acids is 1. The second-order valence-corrected chi connectivity index (χ2v) is 6.43. The molecule has 2 heterocycles. The maximum absolute atomic E-state index is 14.0. The van der Waals surface area contributed by atoms with Crippen LogP contribution in [0.1, 0.15) is 37.4 Å². The second-order valence-electron chi connectivity index (χ2n) is 6.43. The van der Waals surface area contributed by atoms with E-state index in [9.17, 15) is 18.0 Å². The molecule has 3 rings (SSSR count). The number of aromatic nitrogens is 3. The smallest absolute Gasteiger partial charge is 0.412 e. The maximum Gasteiger partial charge on any atom is 0.412 e. The van der Waals surface area contributed by atoms with Crippen LogP contribution >= 0.6 is 0 Å². The molecule has 0 fully saturated rings. The first kappa shape index (κ1) is 21.1. The SMILES string of the molecule is CCCOC(=O)NC(=N)c1cnn2ccc(N[C@H](C)c3cc(F)cc(F)c3F)nc12. The number of amidine groups is 1. The van der Waals surface area contributed by atoms with Crippen LogP contribution in [0.2, 0.25) is 0 Å². The molecule has 2 aromatic heterocycles. The summed E-state index contributed by atoms with van der Waals surface area (Å²) in [7, 11) is 0. The largest absolute Gasteiger partial charge is 0.449 e. The Balaban J connectivity index is 1.82. The van der Waals surface area contributed by atoms with Crippen molar-refractivity contribution in [1.82, 2.24) is 19.9 Å². The molecule has 30 heavy (non-hydrogen) atoms. The number of rotatable bonds is 6. The minimum Gasteiger partial charge on any atom is -0.449 e. The molecule has 0 aliphatic heterocycles. The van der Waals surface area contributed by atoms with Crippen LogP contribution in [-0.2, 0) is 4.74 Å². The summed E-state index contributed by atoms with van der Waals surface area (Å²) in [6, 6.07) is 2.09. The number of fused-ring (bicyclic) bond motifs is 1. The standard InChI is InChI=1S/C19H19F3N6O2/c1-3-6-30-19(29)27-17(23)13-9-24-28-5-4-15(26-18(13)28)25-10(2)12-7-11(20)8-14(21)16(12)22/h4-5,7-10H,3,6H2,1-2H3,(H,25,26)(H2,23,27,29)/t10-/m1/s1. The Labute approximate surface area is 169 Å². The lowest BCUT2D eigenvalue weighted by molar-refractivity contribution is 0.152. The highest BCUT2D eigenvalue weighted by molar-refractivity contribution is 6.08. The van der Waals surface area contributed by atoms with Crippen molar-refractivity contribution in [2.45, 2.75) is 26.3 Å². The summed E-state index contributed by atoms with van der Waals surface area (Å²) in [5, 5.41) is 17.3. The number of carbonyl (C=O) groups is 1. The fourth-order valence-electron chi connectivity index (χ4n) is 2.72. The number of nitrogens with one attached hydrogen (secondary N) is 3. The number of alkyl carbamates (subject to hydrolysis) is 1. The average molecular weight is 420 g/mol. The Morgan fingerprint density at radius 2 is 2.10 bits per heavy atom. The highest BCUT2D eigenvalue weighted by atomic mass is 19.2. The second kappa shape index (κ2) is 8.80. The first-order valence-electron chi connectivity index (χ1n) is 9.08. The molecule has 158 valence electrons. The maximum atomic E-state index is 14.0. The molecule has 11 heteroatoms. The molecule has 1 amide bonds. The van der Waals surface area contributed by atoms with Gasteiger partial charge >= 0.3 is 6.09 Å². The third kappa shape index (κ3) is 4.50. The van der Waals surface area contributed by atoms with Gasteiger partial charge in [-0.05, 0) is 25.5 Å². The van der Waals surface area contributed by atoms with Crippen LogP contribution < -0.4 is 10.6 Å². The summed E-state index contributed by atoms with van der Waals surface area (Å²) < 4.78 is 47.2. The van der Waals surface area contributed by atoms with Gasteiger partial charge in [0.05, 0.1) is 24.4 Å². The minimum absolute atomic E-state index is 0.198. The van der Waals surface area contributed by atoms with Crippen molar-refractivity contribution >= 4 is 23.4 Å². The summed E-state index contributed by atoms with van der Waals surface area (Å²) in [4.78, 5) is 16.0. The predicted molar refractivity (Wildman–Crippen MR) is 103 cm³/mol. The van der Waals surface area contributed by atoms with Gasteiger partial charge in [-0.25, -0.2) is 27.5 Å². The van der Waals surface area contributed by atoms with Crippen LogP contribution in [0.3, 0.4) is 0 Å². The van der Waals surface area contributed by atoms with Gasteiger partial charge in [-0.15, -0.1) is 0 Å². The molecule has 0 radical (unpaired) electrons. The number of benzene rings is 1. The summed E-state index contributed by atoms with van der Waals surface area (Å²) in [6.07, 6.45) is 2.75. The summed E-state index contributed by atoms with van der Waals surface area (Å²) in [6.45, 7) is 3.58. The molecule has 0 saturated heterocycles. The lowest BCUT2D eigenvalue weighted by Crippen LogP contribution is -2.31. The molecule has 0 aliphatic carbocycles. The van der Waals surface area contributed by atoms with E-state index in [0.29, 0.717) is 12.5 Å². The molecule has 8 nitrogen and oxygen atoms in total. The van der Waals surface area contributed by atoms with E-state index in [-0.39, 0.29) is 35.0 Å². The summed E-state index contributed by atoms with van der Waals surface area (Å²) in [5.74, 6) is -3.34. The van der Waals surface area contributed by atoms with Gasteiger partial charge in [-0.2, -0.15) is 5.10 Å². The van der Waals surface area contributed by atoms with Crippen LogP contribution in [-0.4, -0.2) is 33.1 Å². The van der Waals surface area contributed by atoms with E-state index >= 15 is 0 Å². The van der Waals surface area contributed by atoms with Gasteiger partial charge in [-0.1, -0.05) is 6.92 Å². The van der Waals surface area contributed by atoms with Crippen LogP contribution in [0, 0.1) is 22.9 Å². The Morgan fingerprint density at radius 3 is 2.83 bits per heavy atom. The van der Waals surface area contributed by atoms with Gasteiger partial charge in [-0.3, -0.25) is 10.7 Å². The highest BCUT2D eigenvalue weighted by Gasteiger charge is 2.18. The van der Waals surface area contributed by atoms with Crippen molar-refractivity contribution in [2.24, 2.45) is 0 Å². The fraction of sp³-hybridized carbons (Fsp3) is 0.263. The molecular formula is C19H19F3N6O2. The molecule has 1 atom stereocenters. The summed E-state index contributed by atoms with van der Waals surface area (Å²) in [5.41, 5.74) is 0.262. The molecule has 0 spiro atoms. The molecule has 0 saturated carbocycles. The van der Waals surface area contributed by atoms with E-state index in [1.807, 2.05) is 6.92 Å². The normalized spacial score (nSPS) is 11.9. The third-order valence-electron chi connectivity index (χ3n) is 4.15. The fourth-order valence-corrected chi connectivity index (χ4v) is 2.72. The number of nitrogens with zero attached hydrogens (tertiary/aromatic N) is 3. The molecular weight excluding hydrogens is 401 g/mol. The van der Waals surface area contributed by atoms with E-state index in [1.165, 1.54) is 29.9 Å². The van der Waals surface area contributed by atoms with E-state index in [4.69, 9.17) is 10.1 Å². The number of hydrogen-bond acceptors (Lipinski definition) is 6. The van der Waals surface area contributed by atoms with Crippen molar-refractivity contribution in [2.75, 3.05) is 11.9 Å². The van der Waals surface area contributed by atoms with E-state index in [0.717, 1.165) is 6.07 Å². The Hall–Kier alpha value is -3.63. The van der Waals surface area contributed by atoms with Gasteiger partial charge in [0.15, 0.2) is 17.3 Å². The lowest BCUT2D eigenvalue weighted by Gasteiger charge is -2.16. The number of anilines is 1. The van der Waals surface area contributed by atoms with E-state index < -0.39 is 29.6 Å². The van der Waals surface area contributed by atoms with E-state index in [2.05, 4.69) is 20.7 Å². The van der Waals surface area contributed by atoms with Crippen LogP contribution in [0.15, 0.2) is 30.6 Å². The zero-order chi connectivity index (χ0) is 21.8. The minimum atomic E-state index is -1.28. The van der Waals surface area contributed by atoms with Gasteiger partial charge in [0, 0.05) is 17.8 Å². The molecule has 3 aromatic rings. The lowest BCUT2D eigenvalue weighted by atomic mass is 10.1. The quantitative estimate of drug-likeness (QED) is 0.320. The highest BCUT2D eigenvalue weighted by Crippen LogP contribution is 2.24. The molecule has 0 aliphatic rings. The van der Waals surface area contributed by atoms with Gasteiger partial charge in [0.1, 0.15) is 17.5 Å². The molecule has 0 unspecified atom stereocenters. The molecule has 3 N–H and O–H groups in total. The van der Waals surface area contributed by atoms with Crippen molar-refractivity contribution in [3.8, 4) is 0 Å². The van der Waals surface area contributed by atoms with Gasteiger partial charge < -0.3 is 10.1 Å². The van der Waals surface area contributed by atoms with E-state index in [1.54, 1.807) is 0 Å². The number of ether oxygens (including phenoxy) is 1. The van der Waals surface area contributed by atoms with Crippen LogP contribution in [0.25, 0.3) is 5.65 Å². The first-order chi connectivity index (χ1) is 14.3. The Morgan fingerprint density at radius 1 is 1.33 bits per heavy atom. The third-order valence-corrected chi connectivity index (χ3v) is 4.15. The number of hydrogen-bond donors (Lipinski definition) is 3. The first-order valence-corrected chi connectivity index (χ1v) is 9.08. The van der Waals surface area contributed by atoms with Crippen LogP contribution in [0.4, 0.5) is 23.8 Å². The van der Waals surface area contributed by atoms with Gasteiger partial charge in [0.25, 0.3) is 0 Å². The zero-order valence-corrected chi connectivity index (χ0v) is 16.2. The van der Waals surface area contributed by atoms with Gasteiger partial charge in [0.2, 0.25) is 0 Å². The average Bonchev–Trinajstić information content (AvgIpc) is 3.12. The Bertz CT molecular complexity index is 1100. The van der Waals surface area contributed by atoms with Crippen molar-refractivity contribution in [3.63, 3.8) is 0 Å². The monoisotopic (exact) mass is 420 g/mol. The summed E-state index contributed by atoms with van der Waals surface area (Å²) >= 11 is 0. The number of halogens is 3. The zero-order valence-electron chi connectivity index (χ0n) is 16.2. The topological polar surface area (TPSA) is 104 Å². The Kier molecular flexibility index (Phi) is 6.19. The van der Waals surface area contributed by atoms with Crippen molar-refractivity contribution in [1.29, 1.82) is 5.41 Å². The molecule has 0 bridgehead atoms. The van der Waals surface area contributed by atoms with Crippen molar-refractivity contribution < 1.29 is 22.7 Å².